The molecular formula is C42H38O12S. The number of hydrogen-bond donors (Lipinski definition) is 2. The third kappa shape index (κ3) is 9.70. The van der Waals surface area contributed by atoms with Gasteiger partial charge in [0.05, 0.1) is 35.1 Å². The summed E-state index contributed by atoms with van der Waals surface area (Å²) in [6.45, 7) is -1.01. The largest absolute Gasteiger partial charge is 0.497 e. The van der Waals surface area contributed by atoms with Crippen LogP contribution >= 0.6 is 0 Å². The van der Waals surface area contributed by atoms with Crippen LogP contribution in [0.5, 0.6) is 23.0 Å². The fraction of sp³-hybridized carbons (Fsp3) is 0.190. The minimum Gasteiger partial charge on any atom is -0.497 e. The molecule has 2 unspecified atom stereocenters. The first-order valence-corrected chi connectivity index (χ1v) is 18.6. The van der Waals surface area contributed by atoms with Crippen molar-refractivity contribution < 1.29 is 56.6 Å². The Hall–Kier alpha value is -6.15. The smallest absolute Gasteiger partial charge is 0.338 e. The van der Waals surface area contributed by atoms with Gasteiger partial charge in [-0.25, -0.2) is 18.0 Å². The van der Waals surface area contributed by atoms with Gasteiger partial charge < -0.3 is 38.6 Å². The van der Waals surface area contributed by atoms with Crippen LogP contribution in [0, 0.1) is 0 Å². The van der Waals surface area contributed by atoms with E-state index in [-0.39, 0.29) is 36.2 Å². The molecule has 0 heterocycles. The molecule has 12 nitrogen and oxygen atoms in total. The number of rotatable bonds is 16. The van der Waals surface area contributed by atoms with Crippen LogP contribution in [0.1, 0.15) is 20.7 Å². The zero-order valence-electron chi connectivity index (χ0n) is 29.9. The Balaban J connectivity index is 0.932. The molecule has 0 aromatic heterocycles. The molecule has 0 fully saturated rings. The van der Waals surface area contributed by atoms with E-state index < -0.39 is 34.0 Å². The fourth-order valence-electron chi connectivity index (χ4n) is 5.51. The predicted molar refractivity (Wildman–Crippen MR) is 203 cm³/mol. The van der Waals surface area contributed by atoms with Crippen LogP contribution in [-0.2, 0) is 19.3 Å². The topological polar surface area (TPSA) is 164 Å². The molecule has 0 spiro atoms. The first-order valence-electron chi connectivity index (χ1n) is 17.1. The first kappa shape index (κ1) is 38.6. The van der Waals surface area contributed by atoms with E-state index in [0.29, 0.717) is 34.1 Å². The SMILES string of the molecule is COc1ccc2cc(C(=O)OCC(O)COc3ccc(S(=O)(=O)c4ccc(OCC(O)COC(=O)c5ccc6cc(OC)ccc6c5)cc4)cc3)ccc2c1. The summed E-state index contributed by atoms with van der Waals surface area (Å²) in [4.78, 5) is 25.1. The van der Waals surface area contributed by atoms with Crippen molar-refractivity contribution >= 4 is 43.3 Å². The molecule has 55 heavy (non-hydrogen) atoms. The maximum absolute atomic E-state index is 13.3. The minimum atomic E-state index is -3.90. The van der Waals surface area contributed by atoms with E-state index in [0.717, 1.165) is 21.5 Å². The molecule has 0 aliphatic rings. The Morgan fingerprint density at radius 2 is 0.836 bits per heavy atom. The number of benzene rings is 6. The molecule has 0 saturated carbocycles. The summed E-state index contributed by atoms with van der Waals surface area (Å²) in [5.41, 5.74) is 0.666. The molecule has 0 aliphatic heterocycles. The van der Waals surface area contributed by atoms with Crippen molar-refractivity contribution in [2.45, 2.75) is 22.0 Å². The van der Waals surface area contributed by atoms with Crippen LogP contribution in [0.25, 0.3) is 21.5 Å². The molecule has 0 amide bonds. The summed E-state index contributed by atoms with van der Waals surface area (Å²) >= 11 is 0. The number of aliphatic hydroxyl groups is 2. The number of carbonyl (C=O) groups is 2. The highest BCUT2D eigenvalue weighted by atomic mass is 32.2. The monoisotopic (exact) mass is 766 g/mol. The van der Waals surface area contributed by atoms with Crippen LogP contribution in [0.2, 0.25) is 0 Å². The van der Waals surface area contributed by atoms with Gasteiger partial charge in [-0.1, -0.05) is 24.3 Å². The van der Waals surface area contributed by atoms with Crippen LogP contribution in [0.3, 0.4) is 0 Å². The molecule has 6 rings (SSSR count). The standard InChI is InChI=1S/C42H38O12S/c1-49-37-9-7-27-19-31(5-3-29(27)21-37)41(45)53-25-33(43)23-51-35-11-15-39(16-12-35)55(47,48)40-17-13-36(14-18-40)52-24-34(44)26-54-42(46)32-6-4-30-22-38(50-2)10-8-28(30)20-32/h3-22,33-34,43-44H,23-26H2,1-2H3. The number of fused-ring (bicyclic) bond motifs is 2. The molecule has 6 aromatic carbocycles. The molecule has 2 N–H and O–H groups in total. The summed E-state index contributed by atoms with van der Waals surface area (Å²) in [6, 6.07) is 32.5. The zero-order chi connectivity index (χ0) is 39.0. The average molecular weight is 767 g/mol. The Morgan fingerprint density at radius 1 is 0.491 bits per heavy atom. The van der Waals surface area contributed by atoms with Crippen molar-refractivity contribution in [3.8, 4) is 23.0 Å². The van der Waals surface area contributed by atoms with Gasteiger partial charge in [0.1, 0.15) is 61.6 Å². The number of ether oxygens (including phenoxy) is 6. The molecule has 13 heteroatoms. The van der Waals surface area contributed by atoms with Gasteiger partial charge in [-0.15, -0.1) is 0 Å². The quantitative estimate of drug-likeness (QED) is 0.110. The average Bonchev–Trinajstić information content (AvgIpc) is 3.22. The number of carbonyl (C=O) groups excluding carboxylic acids is 2. The van der Waals surface area contributed by atoms with Crippen molar-refractivity contribution in [3.05, 3.63) is 132 Å². The second kappa shape index (κ2) is 17.3. The lowest BCUT2D eigenvalue weighted by molar-refractivity contribution is 0.0127. The summed E-state index contributed by atoms with van der Waals surface area (Å²) in [5.74, 6) is 0.827. The highest BCUT2D eigenvalue weighted by Crippen LogP contribution is 2.26. The molecule has 6 aromatic rings. The van der Waals surface area contributed by atoms with E-state index in [1.807, 2.05) is 24.3 Å². The fourth-order valence-corrected chi connectivity index (χ4v) is 6.77. The van der Waals surface area contributed by atoms with Crippen molar-refractivity contribution in [1.29, 1.82) is 0 Å². The molecule has 0 radical (unpaired) electrons. The normalized spacial score (nSPS) is 12.4. The van der Waals surface area contributed by atoms with Crippen molar-refractivity contribution in [3.63, 3.8) is 0 Å². The van der Waals surface area contributed by atoms with E-state index in [4.69, 9.17) is 28.4 Å². The van der Waals surface area contributed by atoms with Crippen molar-refractivity contribution in [1.82, 2.24) is 0 Å². The van der Waals surface area contributed by atoms with Gasteiger partial charge in [0.15, 0.2) is 0 Å². The van der Waals surface area contributed by atoms with Crippen LogP contribution in [0.4, 0.5) is 0 Å². The second-order valence-electron chi connectivity index (χ2n) is 12.4. The Labute approximate surface area is 317 Å². The zero-order valence-corrected chi connectivity index (χ0v) is 30.7. The van der Waals surface area contributed by atoms with Gasteiger partial charge >= 0.3 is 11.9 Å². The predicted octanol–water partition coefficient (Wildman–Crippen LogP) is 6.04. The van der Waals surface area contributed by atoms with Crippen molar-refractivity contribution in [2.24, 2.45) is 0 Å². The molecular weight excluding hydrogens is 729 g/mol. The van der Waals surface area contributed by atoms with Crippen LogP contribution in [-0.4, -0.2) is 83.4 Å². The highest BCUT2D eigenvalue weighted by Gasteiger charge is 2.19. The maximum Gasteiger partial charge on any atom is 0.338 e. The third-order valence-electron chi connectivity index (χ3n) is 8.53. The maximum atomic E-state index is 13.3. The van der Waals surface area contributed by atoms with Crippen molar-refractivity contribution in [2.75, 3.05) is 40.6 Å². The van der Waals surface area contributed by atoms with Gasteiger partial charge in [-0.2, -0.15) is 0 Å². The molecule has 284 valence electrons. The lowest BCUT2D eigenvalue weighted by Crippen LogP contribution is -2.25. The molecule has 2 atom stereocenters. The number of hydrogen-bond acceptors (Lipinski definition) is 12. The van der Waals surface area contributed by atoms with E-state index in [1.54, 1.807) is 62.8 Å². The first-order chi connectivity index (χ1) is 26.5. The van der Waals surface area contributed by atoms with Gasteiger partial charge in [-0.3, -0.25) is 0 Å². The summed E-state index contributed by atoms with van der Waals surface area (Å²) in [5, 5.41) is 24.1. The Kier molecular flexibility index (Phi) is 12.2. The van der Waals surface area contributed by atoms with Gasteiger partial charge in [0.2, 0.25) is 9.84 Å². The number of sulfone groups is 1. The van der Waals surface area contributed by atoms with E-state index in [2.05, 4.69) is 0 Å². The highest BCUT2D eigenvalue weighted by molar-refractivity contribution is 7.91. The second-order valence-corrected chi connectivity index (χ2v) is 14.4. The number of esters is 2. The molecule has 0 bridgehead atoms. The van der Waals surface area contributed by atoms with Crippen LogP contribution in [0.15, 0.2) is 131 Å². The minimum absolute atomic E-state index is 0.0141. The van der Waals surface area contributed by atoms with Gasteiger partial charge in [0, 0.05) is 0 Å². The summed E-state index contributed by atoms with van der Waals surface area (Å²) in [7, 11) is -0.739. The van der Waals surface area contributed by atoms with Gasteiger partial charge in [0.25, 0.3) is 0 Å². The van der Waals surface area contributed by atoms with E-state index in [9.17, 15) is 28.2 Å². The summed E-state index contributed by atoms with van der Waals surface area (Å²) in [6.07, 6.45) is -2.26. The van der Waals surface area contributed by atoms with Crippen LogP contribution < -0.4 is 18.9 Å². The van der Waals surface area contributed by atoms with E-state index in [1.165, 1.54) is 48.5 Å². The Morgan fingerprint density at radius 3 is 1.22 bits per heavy atom. The number of methoxy groups -OCH3 is 2. The molecule has 0 aliphatic carbocycles. The third-order valence-corrected chi connectivity index (χ3v) is 10.3. The molecule has 0 saturated heterocycles. The van der Waals surface area contributed by atoms with E-state index >= 15 is 0 Å². The van der Waals surface area contributed by atoms with Gasteiger partial charge in [-0.05, 0) is 119 Å². The lowest BCUT2D eigenvalue weighted by atomic mass is 10.1. The Bertz CT molecular complexity index is 2230. The lowest BCUT2D eigenvalue weighted by Gasteiger charge is -2.14. The number of aliphatic hydroxyl groups excluding tert-OH is 2. The summed E-state index contributed by atoms with van der Waals surface area (Å²) < 4.78 is 58.6.